The highest BCUT2D eigenvalue weighted by molar-refractivity contribution is 7.91. The molecule has 2 rings (SSSR count). The van der Waals surface area contributed by atoms with Crippen LogP contribution in [0.15, 0.2) is 0 Å². The van der Waals surface area contributed by atoms with E-state index in [0.29, 0.717) is 12.3 Å². The van der Waals surface area contributed by atoms with Crippen LogP contribution in [-0.2, 0) is 9.84 Å². The van der Waals surface area contributed by atoms with E-state index >= 15 is 0 Å². The Morgan fingerprint density at radius 2 is 1.40 bits per heavy atom. The molecule has 0 saturated heterocycles. The summed E-state index contributed by atoms with van der Waals surface area (Å²) in [6.45, 7) is 0. The molecule has 1 N–H and O–H groups in total. The summed E-state index contributed by atoms with van der Waals surface area (Å²) in [7, 11) is -2.95. The zero-order valence-corrected chi connectivity index (χ0v) is 13.6. The van der Waals surface area contributed by atoms with Crippen molar-refractivity contribution < 1.29 is 13.5 Å². The van der Waals surface area contributed by atoms with Crippen molar-refractivity contribution in [1.82, 2.24) is 0 Å². The van der Waals surface area contributed by atoms with Gasteiger partial charge in [-0.2, -0.15) is 0 Å². The van der Waals surface area contributed by atoms with Crippen molar-refractivity contribution in [1.29, 1.82) is 0 Å². The third-order valence-corrected chi connectivity index (χ3v) is 7.03. The lowest BCUT2D eigenvalue weighted by Crippen LogP contribution is -2.37. The van der Waals surface area contributed by atoms with E-state index in [-0.39, 0.29) is 17.3 Å². The molecule has 0 amide bonds. The van der Waals surface area contributed by atoms with Crippen molar-refractivity contribution in [3.8, 4) is 0 Å². The van der Waals surface area contributed by atoms with E-state index in [1.807, 2.05) is 0 Å². The minimum absolute atomic E-state index is 0.202. The average molecular weight is 302 g/mol. The molecule has 2 aliphatic rings. The van der Waals surface area contributed by atoms with Gasteiger partial charge in [0.15, 0.2) is 0 Å². The van der Waals surface area contributed by atoms with Gasteiger partial charge >= 0.3 is 0 Å². The zero-order valence-electron chi connectivity index (χ0n) is 12.8. The van der Waals surface area contributed by atoms with Gasteiger partial charge in [-0.25, -0.2) is 8.42 Å². The number of hydrogen-bond acceptors (Lipinski definition) is 3. The zero-order chi connectivity index (χ0) is 14.6. The van der Waals surface area contributed by atoms with E-state index in [1.165, 1.54) is 38.4 Å². The summed E-state index contributed by atoms with van der Waals surface area (Å²) in [5.74, 6) is 0.603. The van der Waals surface area contributed by atoms with E-state index in [1.54, 1.807) is 0 Å². The van der Waals surface area contributed by atoms with Crippen LogP contribution >= 0.6 is 0 Å². The molecule has 118 valence electrons. The van der Waals surface area contributed by atoms with Crippen molar-refractivity contribution in [2.24, 2.45) is 11.8 Å². The van der Waals surface area contributed by atoms with E-state index in [4.69, 9.17) is 0 Å². The van der Waals surface area contributed by atoms with Gasteiger partial charge in [-0.05, 0) is 43.9 Å². The number of aliphatic hydroxyl groups is 1. The van der Waals surface area contributed by atoms with E-state index in [0.717, 1.165) is 32.1 Å². The van der Waals surface area contributed by atoms with Crippen LogP contribution in [0.3, 0.4) is 0 Å². The van der Waals surface area contributed by atoms with Crippen LogP contribution in [0, 0.1) is 11.8 Å². The summed E-state index contributed by atoms with van der Waals surface area (Å²) in [6, 6.07) is 0. The normalized spacial score (nSPS) is 32.3. The molecule has 0 aromatic heterocycles. The van der Waals surface area contributed by atoms with Gasteiger partial charge in [0.1, 0.15) is 9.84 Å². The van der Waals surface area contributed by atoms with Crippen LogP contribution in [0.2, 0.25) is 0 Å². The number of rotatable bonds is 3. The second kappa shape index (κ2) is 7.26. The van der Waals surface area contributed by atoms with E-state index < -0.39 is 9.84 Å². The fraction of sp³-hybridized carbons (Fsp3) is 1.00. The summed E-state index contributed by atoms with van der Waals surface area (Å²) < 4.78 is 23.5. The minimum atomic E-state index is -2.95. The molecule has 4 heteroatoms. The quantitative estimate of drug-likeness (QED) is 0.870. The number of hydrogen-bond donors (Lipinski definition) is 1. The van der Waals surface area contributed by atoms with Crippen LogP contribution in [0.25, 0.3) is 0 Å². The fourth-order valence-corrected chi connectivity index (χ4v) is 5.29. The largest absolute Gasteiger partial charge is 0.393 e. The van der Waals surface area contributed by atoms with Gasteiger partial charge in [0.25, 0.3) is 0 Å². The summed E-state index contributed by atoms with van der Waals surface area (Å²) in [5.41, 5.74) is 0. The first-order chi connectivity index (χ1) is 9.48. The fourth-order valence-electron chi connectivity index (χ4n) is 4.09. The maximum atomic E-state index is 11.7. The van der Waals surface area contributed by atoms with Crippen LogP contribution in [0.4, 0.5) is 0 Å². The maximum Gasteiger partial charge on any atom is 0.150 e. The molecule has 2 saturated carbocycles. The van der Waals surface area contributed by atoms with Crippen molar-refractivity contribution in [2.75, 3.05) is 6.26 Å². The van der Waals surface area contributed by atoms with Gasteiger partial charge in [0.05, 0.1) is 11.4 Å². The van der Waals surface area contributed by atoms with Gasteiger partial charge in [-0.3, -0.25) is 0 Å². The SMILES string of the molecule is CS(=O)(=O)C1CCCC(C(O)C2CCCCCCC2)C1. The Labute approximate surface area is 124 Å². The summed E-state index contributed by atoms with van der Waals surface area (Å²) in [4.78, 5) is 0. The molecule has 0 bridgehead atoms. The average Bonchev–Trinajstić information content (AvgIpc) is 2.37. The lowest BCUT2D eigenvalue weighted by molar-refractivity contribution is 0.0234. The molecule has 2 fully saturated rings. The first-order valence-electron chi connectivity index (χ1n) is 8.35. The molecule has 0 aromatic carbocycles. The summed E-state index contributed by atoms with van der Waals surface area (Å²) in [6.07, 6.45) is 13.1. The Bertz CT molecular complexity index is 383. The lowest BCUT2D eigenvalue weighted by atomic mass is 9.76. The number of aliphatic hydroxyl groups excluding tert-OH is 1. The smallest absolute Gasteiger partial charge is 0.150 e. The van der Waals surface area contributed by atoms with Crippen LogP contribution in [0.5, 0.6) is 0 Å². The molecular formula is C16H30O3S. The third kappa shape index (κ3) is 4.45. The molecule has 0 radical (unpaired) electrons. The molecule has 0 aromatic rings. The van der Waals surface area contributed by atoms with Crippen molar-refractivity contribution >= 4 is 9.84 Å². The van der Waals surface area contributed by atoms with Crippen molar-refractivity contribution in [3.63, 3.8) is 0 Å². The van der Waals surface area contributed by atoms with Gasteiger partial charge in [-0.1, -0.05) is 38.5 Å². The van der Waals surface area contributed by atoms with Crippen LogP contribution in [0.1, 0.15) is 70.6 Å². The van der Waals surface area contributed by atoms with Crippen molar-refractivity contribution in [2.45, 2.75) is 82.0 Å². The third-order valence-electron chi connectivity index (χ3n) is 5.39. The Hall–Kier alpha value is -0.0900. The van der Waals surface area contributed by atoms with E-state index in [9.17, 15) is 13.5 Å². The Morgan fingerprint density at radius 1 is 0.850 bits per heavy atom. The van der Waals surface area contributed by atoms with Crippen molar-refractivity contribution in [3.05, 3.63) is 0 Å². The molecule has 0 heterocycles. The second-order valence-electron chi connectivity index (χ2n) is 6.97. The highest BCUT2D eigenvalue weighted by Crippen LogP contribution is 2.36. The van der Waals surface area contributed by atoms with Crippen LogP contribution < -0.4 is 0 Å². The van der Waals surface area contributed by atoms with Gasteiger partial charge < -0.3 is 5.11 Å². The molecule has 3 unspecified atom stereocenters. The molecule has 2 aliphatic carbocycles. The molecular weight excluding hydrogens is 272 g/mol. The van der Waals surface area contributed by atoms with E-state index in [2.05, 4.69) is 0 Å². The topological polar surface area (TPSA) is 54.4 Å². The molecule has 3 nitrogen and oxygen atoms in total. The standard InChI is InChI=1S/C16H30O3S/c1-20(18,19)15-11-7-10-14(12-15)16(17)13-8-5-3-2-4-6-9-13/h13-17H,2-12H2,1H3. The summed E-state index contributed by atoms with van der Waals surface area (Å²) >= 11 is 0. The Kier molecular flexibility index (Phi) is 5.91. The highest BCUT2D eigenvalue weighted by atomic mass is 32.2. The first kappa shape index (κ1) is 16.3. The Morgan fingerprint density at radius 3 is 2.00 bits per heavy atom. The first-order valence-corrected chi connectivity index (χ1v) is 10.3. The maximum absolute atomic E-state index is 11.7. The lowest BCUT2D eigenvalue weighted by Gasteiger charge is -2.35. The molecule has 0 spiro atoms. The second-order valence-corrected chi connectivity index (χ2v) is 9.30. The summed E-state index contributed by atoms with van der Waals surface area (Å²) in [5, 5.41) is 10.5. The molecule has 0 aliphatic heterocycles. The number of sulfone groups is 1. The predicted molar refractivity (Wildman–Crippen MR) is 82.4 cm³/mol. The highest BCUT2D eigenvalue weighted by Gasteiger charge is 2.35. The monoisotopic (exact) mass is 302 g/mol. The van der Waals surface area contributed by atoms with Crippen LogP contribution in [-0.4, -0.2) is 31.1 Å². The molecule has 3 atom stereocenters. The Balaban J connectivity index is 1.94. The van der Waals surface area contributed by atoms with Gasteiger partial charge in [-0.15, -0.1) is 0 Å². The van der Waals surface area contributed by atoms with Gasteiger partial charge in [0, 0.05) is 6.26 Å². The van der Waals surface area contributed by atoms with Gasteiger partial charge in [0.2, 0.25) is 0 Å². The molecule has 20 heavy (non-hydrogen) atoms. The predicted octanol–water partition coefficient (Wildman–Crippen LogP) is 3.31. The minimum Gasteiger partial charge on any atom is -0.393 e.